The molecule has 0 bridgehead atoms. The number of rotatable bonds is 0. The summed E-state index contributed by atoms with van der Waals surface area (Å²) >= 11 is 0. The Morgan fingerprint density at radius 1 is 1.12 bits per heavy atom. The molecule has 0 aliphatic heterocycles. The number of hydrogen-bond donors (Lipinski definition) is 0. The van der Waals surface area contributed by atoms with Gasteiger partial charge in [0.2, 0.25) is 0 Å². The molecule has 0 saturated heterocycles. The Bertz CT molecular complexity index is 317. The minimum Gasteiger partial charge on any atom is -0.300 e. The van der Waals surface area contributed by atoms with E-state index >= 15 is 0 Å². The highest BCUT2D eigenvalue weighted by atomic mass is 16.1. The Kier molecular flexibility index (Phi) is 2.93. The standard InChI is InChI=1S/C14H22O2/c1-9-12-8-14(2,3)7-10(12)6-11(15)4-5-13(9)16/h9-10,12H,4-8H2,1-3H3/t9?,10-,12+/m1/s1. The second-order valence-corrected chi connectivity index (χ2v) is 6.49. The number of carbonyl (C=O) groups excluding carboxylic acids is 2. The van der Waals surface area contributed by atoms with Crippen LogP contribution in [-0.4, -0.2) is 11.6 Å². The third-order valence-electron chi connectivity index (χ3n) is 4.50. The molecule has 1 unspecified atom stereocenters. The van der Waals surface area contributed by atoms with Crippen LogP contribution in [0.1, 0.15) is 52.9 Å². The minimum absolute atomic E-state index is 0.167. The monoisotopic (exact) mass is 222 g/mol. The van der Waals surface area contributed by atoms with Crippen LogP contribution in [0.3, 0.4) is 0 Å². The molecule has 0 radical (unpaired) electrons. The zero-order valence-electron chi connectivity index (χ0n) is 10.6. The predicted molar refractivity (Wildman–Crippen MR) is 63.0 cm³/mol. The maximum absolute atomic E-state index is 11.9. The van der Waals surface area contributed by atoms with Gasteiger partial charge in [-0.2, -0.15) is 0 Å². The van der Waals surface area contributed by atoms with E-state index in [4.69, 9.17) is 0 Å². The zero-order chi connectivity index (χ0) is 11.9. The number of carbonyl (C=O) groups is 2. The van der Waals surface area contributed by atoms with Crippen molar-refractivity contribution >= 4 is 11.6 Å². The quantitative estimate of drug-likeness (QED) is 0.631. The first-order valence-electron chi connectivity index (χ1n) is 6.43. The van der Waals surface area contributed by atoms with Gasteiger partial charge < -0.3 is 0 Å². The first kappa shape index (κ1) is 11.8. The molecule has 0 aromatic rings. The molecule has 0 spiro atoms. The number of hydrogen-bond acceptors (Lipinski definition) is 2. The van der Waals surface area contributed by atoms with Crippen LogP contribution < -0.4 is 0 Å². The molecular weight excluding hydrogens is 200 g/mol. The van der Waals surface area contributed by atoms with Gasteiger partial charge >= 0.3 is 0 Å². The van der Waals surface area contributed by atoms with Gasteiger partial charge in [0.25, 0.3) is 0 Å². The molecule has 3 atom stereocenters. The van der Waals surface area contributed by atoms with E-state index in [1.165, 1.54) is 0 Å². The van der Waals surface area contributed by atoms with Crippen LogP contribution in [0.2, 0.25) is 0 Å². The van der Waals surface area contributed by atoms with Crippen LogP contribution >= 0.6 is 0 Å². The van der Waals surface area contributed by atoms with Crippen molar-refractivity contribution in [1.29, 1.82) is 0 Å². The highest BCUT2D eigenvalue weighted by molar-refractivity contribution is 5.88. The molecule has 90 valence electrons. The summed E-state index contributed by atoms with van der Waals surface area (Å²) in [6.45, 7) is 6.59. The van der Waals surface area contributed by atoms with Gasteiger partial charge in [-0.25, -0.2) is 0 Å². The first-order chi connectivity index (χ1) is 7.39. The Hall–Kier alpha value is -0.660. The van der Waals surface area contributed by atoms with Crippen molar-refractivity contribution in [3.05, 3.63) is 0 Å². The molecule has 2 rings (SSSR count). The summed E-state index contributed by atoms with van der Waals surface area (Å²) in [6.07, 6.45) is 3.89. The van der Waals surface area contributed by atoms with Gasteiger partial charge in [-0.1, -0.05) is 20.8 Å². The van der Waals surface area contributed by atoms with Gasteiger partial charge in [0, 0.05) is 25.2 Å². The van der Waals surface area contributed by atoms with Crippen molar-refractivity contribution in [1.82, 2.24) is 0 Å². The number of ketones is 2. The molecule has 2 heteroatoms. The summed E-state index contributed by atoms with van der Waals surface area (Å²) in [6, 6.07) is 0. The summed E-state index contributed by atoms with van der Waals surface area (Å²) in [5, 5.41) is 0. The molecule has 0 heterocycles. The maximum Gasteiger partial charge on any atom is 0.136 e. The fourth-order valence-electron chi connectivity index (χ4n) is 3.68. The fraction of sp³-hybridized carbons (Fsp3) is 0.857. The molecule has 0 aromatic carbocycles. The van der Waals surface area contributed by atoms with Crippen LogP contribution in [0.25, 0.3) is 0 Å². The Morgan fingerprint density at radius 2 is 1.81 bits per heavy atom. The normalized spacial score (nSPS) is 39.1. The Morgan fingerprint density at radius 3 is 2.50 bits per heavy atom. The SMILES string of the molecule is CC1C(=O)CCC(=O)C[C@@H]2CC(C)(C)C[C@@H]12. The van der Waals surface area contributed by atoms with Crippen molar-refractivity contribution in [2.24, 2.45) is 23.2 Å². The van der Waals surface area contributed by atoms with Crippen molar-refractivity contribution in [3.8, 4) is 0 Å². The van der Waals surface area contributed by atoms with Crippen LogP contribution in [0, 0.1) is 23.2 Å². The molecule has 2 fully saturated rings. The average molecular weight is 222 g/mol. The van der Waals surface area contributed by atoms with Crippen molar-refractivity contribution in [2.75, 3.05) is 0 Å². The van der Waals surface area contributed by atoms with E-state index in [0.717, 1.165) is 12.8 Å². The Balaban J connectivity index is 2.21. The molecule has 2 nitrogen and oxygen atoms in total. The first-order valence-corrected chi connectivity index (χ1v) is 6.43. The third-order valence-corrected chi connectivity index (χ3v) is 4.50. The summed E-state index contributed by atoms with van der Waals surface area (Å²) < 4.78 is 0. The lowest BCUT2D eigenvalue weighted by atomic mass is 9.76. The topological polar surface area (TPSA) is 34.1 Å². The lowest BCUT2D eigenvalue weighted by Crippen LogP contribution is -2.28. The highest BCUT2D eigenvalue weighted by Crippen LogP contribution is 2.50. The fourth-order valence-corrected chi connectivity index (χ4v) is 3.68. The zero-order valence-corrected chi connectivity index (χ0v) is 10.6. The second kappa shape index (κ2) is 3.97. The molecule has 2 saturated carbocycles. The highest BCUT2D eigenvalue weighted by Gasteiger charge is 2.44. The minimum atomic E-state index is 0.167. The van der Waals surface area contributed by atoms with Gasteiger partial charge in [-0.05, 0) is 30.1 Å². The van der Waals surface area contributed by atoms with Crippen LogP contribution in [-0.2, 0) is 9.59 Å². The molecule has 0 aromatic heterocycles. The molecule has 16 heavy (non-hydrogen) atoms. The summed E-state index contributed by atoms with van der Waals surface area (Å²) in [5.41, 5.74) is 0.314. The third kappa shape index (κ3) is 2.21. The van der Waals surface area contributed by atoms with E-state index in [1.54, 1.807) is 0 Å². The van der Waals surface area contributed by atoms with E-state index in [2.05, 4.69) is 20.8 Å². The van der Waals surface area contributed by atoms with Crippen LogP contribution in [0.15, 0.2) is 0 Å². The lowest BCUT2D eigenvalue weighted by molar-refractivity contribution is -0.130. The number of Topliss-reactive ketones (excluding diaryl/α,β-unsaturated/α-hetero) is 2. The smallest absolute Gasteiger partial charge is 0.136 e. The molecule has 2 aliphatic carbocycles. The second-order valence-electron chi connectivity index (χ2n) is 6.49. The Labute approximate surface area is 97.8 Å². The van der Waals surface area contributed by atoms with E-state index in [1.807, 2.05) is 0 Å². The molecular formula is C14H22O2. The number of fused-ring (bicyclic) bond motifs is 1. The van der Waals surface area contributed by atoms with Crippen molar-refractivity contribution in [2.45, 2.75) is 52.9 Å². The van der Waals surface area contributed by atoms with Gasteiger partial charge in [-0.15, -0.1) is 0 Å². The van der Waals surface area contributed by atoms with Gasteiger partial charge in [0.05, 0.1) is 0 Å². The lowest BCUT2D eigenvalue weighted by Gasteiger charge is -2.26. The van der Waals surface area contributed by atoms with E-state index in [0.29, 0.717) is 48.1 Å². The molecule has 2 aliphatic rings. The average Bonchev–Trinajstić information content (AvgIpc) is 2.47. The summed E-state index contributed by atoms with van der Waals surface area (Å²) in [4.78, 5) is 23.6. The van der Waals surface area contributed by atoms with E-state index in [9.17, 15) is 9.59 Å². The largest absolute Gasteiger partial charge is 0.300 e. The summed E-state index contributed by atoms with van der Waals surface area (Å²) in [7, 11) is 0. The van der Waals surface area contributed by atoms with Gasteiger partial charge in [0.1, 0.15) is 11.6 Å². The van der Waals surface area contributed by atoms with E-state index < -0.39 is 0 Å². The van der Waals surface area contributed by atoms with Gasteiger partial charge in [-0.3, -0.25) is 9.59 Å². The predicted octanol–water partition coefficient (Wildman–Crippen LogP) is 3.00. The van der Waals surface area contributed by atoms with Crippen LogP contribution in [0.5, 0.6) is 0 Å². The van der Waals surface area contributed by atoms with E-state index in [-0.39, 0.29) is 5.92 Å². The molecule has 0 amide bonds. The molecule has 0 N–H and O–H groups in total. The van der Waals surface area contributed by atoms with Crippen molar-refractivity contribution < 1.29 is 9.59 Å². The van der Waals surface area contributed by atoms with Crippen LogP contribution in [0.4, 0.5) is 0 Å². The summed E-state index contributed by atoms with van der Waals surface area (Å²) in [5.74, 6) is 1.68. The maximum atomic E-state index is 11.9. The van der Waals surface area contributed by atoms with Crippen molar-refractivity contribution in [3.63, 3.8) is 0 Å². The van der Waals surface area contributed by atoms with Gasteiger partial charge in [0.15, 0.2) is 0 Å².